The third-order valence-electron chi connectivity index (χ3n) is 4.90. The van der Waals surface area contributed by atoms with Crippen LogP contribution in [0.15, 0.2) is 66.1 Å². The maximum absolute atomic E-state index is 13.0. The highest BCUT2D eigenvalue weighted by Crippen LogP contribution is 2.26. The van der Waals surface area contributed by atoms with Crippen molar-refractivity contribution in [3.63, 3.8) is 0 Å². The van der Waals surface area contributed by atoms with Gasteiger partial charge in [0, 0.05) is 29.9 Å². The summed E-state index contributed by atoms with van der Waals surface area (Å²) >= 11 is 0. The van der Waals surface area contributed by atoms with Gasteiger partial charge in [0.25, 0.3) is 5.91 Å². The quantitative estimate of drug-likeness (QED) is 0.693. The molecule has 0 bridgehead atoms. The summed E-state index contributed by atoms with van der Waals surface area (Å²) < 4.78 is 33.1. The van der Waals surface area contributed by atoms with E-state index >= 15 is 0 Å². The molecule has 0 radical (unpaired) electrons. The summed E-state index contributed by atoms with van der Waals surface area (Å²) in [7, 11) is -3.63. The lowest BCUT2D eigenvalue weighted by atomic mass is 10.1. The molecular formula is C22H26N2O4S. The maximum atomic E-state index is 13.0. The average Bonchev–Trinajstić information content (AvgIpc) is 2.73. The Balaban J connectivity index is 1.78. The van der Waals surface area contributed by atoms with Crippen molar-refractivity contribution in [2.24, 2.45) is 0 Å². The Kier molecular flexibility index (Phi) is 6.71. The number of sulfonamides is 1. The molecule has 2 aromatic rings. The summed E-state index contributed by atoms with van der Waals surface area (Å²) in [6.45, 7) is 6.41. The van der Waals surface area contributed by atoms with Crippen LogP contribution in [-0.2, 0) is 10.0 Å². The second kappa shape index (κ2) is 9.24. The van der Waals surface area contributed by atoms with Crippen LogP contribution in [0.3, 0.4) is 0 Å². The van der Waals surface area contributed by atoms with E-state index in [-0.39, 0.29) is 22.4 Å². The van der Waals surface area contributed by atoms with E-state index in [1.165, 1.54) is 16.4 Å². The van der Waals surface area contributed by atoms with E-state index in [4.69, 9.17) is 4.74 Å². The van der Waals surface area contributed by atoms with E-state index in [0.29, 0.717) is 24.6 Å². The predicted molar refractivity (Wildman–Crippen MR) is 114 cm³/mol. The summed E-state index contributed by atoms with van der Waals surface area (Å²) in [6.07, 6.45) is 4.38. The number of carbonyl (C=O) groups excluding carboxylic acids is 1. The van der Waals surface area contributed by atoms with Crippen molar-refractivity contribution >= 4 is 21.6 Å². The zero-order chi connectivity index (χ0) is 20.9. The zero-order valence-corrected chi connectivity index (χ0v) is 17.3. The van der Waals surface area contributed by atoms with E-state index in [0.717, 1.165) is 19.3 Å². The summed E-state index contributed by atoms with van der Waals surface area (Å²) in [5, 5.41) is 2.79. The first kappa shape index (κ1) is 21.1. The fourth-order valence-corrected chi connectivity index (χ4v) is 5.13. The molecule has 1 saturated heterocycles. The van der Waals surface area contributed by atoms with Gasteiger partial charge in [0.1, 0.15) is 12.4 Å². The summed E-state index contributed by atoms with van der Waals surface area (Å²) in [5.41, 5.74) is 0.850. The highest BCUT2D eigenvalue weighted by molar-refractivity contribution is 7.89. The number of amides is 1. The van der Waals surface area contributed by atoms with Crippen molar-refractivity contribution in [2.75, 3.05) is 18.5 Å². The molecule has 0 spiro atoms. The largest absolute Gasteiger partial charge is 0.489 e. The van der Waals surface area contributed by atoms with Crippen molar-refractivity contribution < 1.29 is 17.9 Å². The van der Waals surface area contributed by atoms with E-state index in [2.05, 4.69) is 11.9 Å². The van der Waals surface area contributed by atoms with Gasteiger partial charge >= 0.3 is 0 Å². The number of piperidine rings is 1. The van der Waals surface area contributed by atoms with Crippen LogP contribution in [0.4, 0.5) is 5.69 Å². The summed E-state index contributed by atoms with van der Waals surface area (Å²) in [4.78, 5) is 12.8. The number of hydrogen-bond donors (Lipinski definition) is 1. The number of rotatable bonds is 7. The van der Waals surface area contributed by atoms with Crippen LogP contribution in [0.25, 0.3) is 0 Å². The summed E-state index contributed by atoms with van der Waals surface area (Å²) in [5.74, 6) is 0.229. The Bertz CT molecular complexity index is 988. The molecule has 2 aromatic carbocycles. The van der Waals surface area contributed by atoms with Gasteiger partial charge in [-0.05, 0) is 50.1 Å². The van der Waals surface area contributed by atoms with Gasteiger partial charge in [-0.2, -0.15) is 4.31 Å². The van der Waals surface area contributed by atoms with Crippen molar-refractivity contribution in [3.05, 3.63) is 66.7 Å². The van der Waals surface area contributed by atoms with Crippen LogP contribution in [0.2, 0.25) is 0 Å². The van der Waals surface area contributed by atoms with Gasteiger partial charge in [-0.15, -0.1) is 0 Å². The number of nitrogens with zero attached hydrogens (tertiary/aromatic N) is 1. The Hall–Kier alpha value is -2.64. The molecule has 0 aliphatic carbocycles. The molecule has 0 aromatic heterocycles. The maximum Gasteiger partial charge on any atom is 0.255 e. The number of ether oxygens (including phenoxy) is 1. The molecule has 1 N–H and O–H groups in total. The Morgan fingerprint density at radius 3 is 2.79 bits per heavy atom. The van der Waals surface area contributed by atoms with E-state index in [1.54, 1.807) is 42.5 Å². The number of carbonyl (C=O) groups is 1. The molecule has 1 atom stereocenters. The molecule has 29 heavy (non-hydrogen) atoms. The Morgan fingerprint density at radius 2 is 2.03 bits per heavy atom. The molecule has 1 unspecified atom stereocenters. The second-order valence-electron chi connectivity index (χ2n) is 7.07. The lowest BCUT2D eigenvalue weighted by molar-refractivity contribution is 0.102. The van der Waals surface area contributed by atoms with E-state index in [1.807, 2.05) is 6.92 Å². The molecule has 1 amide bonds. The van der Waals surface area contributed by atoms with Gasteiger partial charge in [-0.25, -0.2) is 8.42 Å². The fourth-order valence-electron chi connectivity index (χ4n) is 3.38. The van der Waals surface area contributed by atoms with Crippen LogP contribution in [0.5, 0.6) is 5.75 Å². The molecule has 3 rings (SSSR count). The molecule has 0 saturated carbocycles. The van der Waals surface area contributed by atoms with Gasteiger partial charge in [0.2, 0.25) is 10.0 Å². The van der Waals surface area contributed by atoms with Gasteiger partial charge in [0.05, 0.1) is 4.90 Å². The molecule has 1 fully saturated rings. The first-order chi connectivity index (χ1) is 13.9. The molecule has 6 nitrogen and oxygen atoms in total. The van der Waals surface area contributed by atoms with Crippen LogP contribution in [0.1, 0.15) is 36.5 Å². The smallest absolute Gasteiger partial charge is 0.255 e. The normalized spacial score (nSPS) is 17.5. The third kappa shape index (κ3) is 5.05. The highest BCUT2D eigenvalue weighted by Gasteiger charge is 2.31. The Labute approximate surface area is 172 Å². The fraction of sp³-hybridized carbons (Fsp3) is 0.318. The van der Waals surface area contributed by atoms with Crippen molar-refractivity contribution in [1.82, 2.24) is 4.31 Å². The molecular weight excluding hydrogens is 388 g/mol. The first-order valence-electron chi connectivity index (χ1n) is 9.69. The standard InChI is InChI=1S/C22H26N2O4S/c1-3-14-28-20-11-7-10-19(16-20)23-22(25)18-9-6-12-21(15-18)29(26,27)24-13-5-4-8-17(24)2/h3,6-7,9-12,15-17H,1,4-5,8,13-14H2,2H3,(H,23,25). The monoisotopic (exact) mass is 414 g/mol. The van der Waals surface area contributed by atoms with Gasteiger partial charge in [-0.1, -0.05) is 31.2 Å². The zero-order valence-electron chi connectivity index (χ0n) is 16.5. The third-order valence-corrected chi connectivity index (χ3v) is 6.91. The minimum Gasteiger partial charge on any atom is -0.489 e. The van der Waals surface area contributed by atoms with Gasteiger partial charge in [-0.3, -0.25) is 4.79 Å². The molecule has 1 aliphatic heterocycles. The molecule has 1 aliphatic rings. The number of anilines is 1. The van der Waals surface area contributed by atoms with E-state index in [9.17, 15) is 13.2 Å². The second-order valence-corrected chi connectivity index (χ2v) is 8.96. The van der Waals surface area contributed by atoms with Gasteiger partial charge < -0.3 is 10.1 Å². The van der Waals surface area contributed by atoms with E-state index < -0.39 is 10.0 Å². The van der Waals surface area contributed by atoms with Crippen LogP contribution in [-0.4, -0.2) is 37.8 Å². The number of benzene rings is 2. The molecule has 154 valence electrons. The summed E-state index contributed by atoms with van der Waals surface area (Å²) in [6, 6.07) is 13.1. The number of nitrogens with one attached hydrogen (secondary N) is 1. The lowest BCUT2D eigenvalue weighted by Gasteiger charge is -2.32. The number of hydrogen-bond acceptors (Lipinski definition) is 4. The van der Waals surface area contributed by atoms with Crippen molar-refractivity contribution in [2.45, 2.75) is 37.1 Å². The minimum atomic E-state index is -3.63. The van der Waals surface area contributed by atoms with Crippen LogP contribution >= 0.6 is 0 Å². The highest BCUT2D eigenvalue weighted by atomic mass is 32.2. The minimum absolute atomic E-state index is 0.0375. The van der Waals surface area contributed by atoms with Crippen LogP contribution in [0, 0.1) is 0 Å². The van der Waals surface area contributed by atoms with Crippen LogP contribution < -0.4 is 10.1 Å². The van der Waals surface area contributed by atoms with Gasteiger partial charge in [0.15, 0.2) is 0 Å². The molecule has 7 heteroatoms. The first-order valence-corrected chi connectivity index (χ1v) is 11.1. The SMILES string of the molecule is C=CCOc1cccc(NC(=O)c2cccc(S(=O)(=O)N3CCCCC3C)c2)c1. The lowest BCUT2D eigenvalue weighted by Crippen LogP contribution is -2.41. The Morgan fingerprint density at radius 1 is 1.24 bits per heavy atom. The predicted octanol–water partition coefficient (Wildman–Crippen LogP) is 4.07. The van der Waals surface area contributed by atoms with Crippen molar-refractivity contribution in [3.8, 4) is 5.75 Å². The average molecular weight is 415 g/mol. The molecule has 1 heterocycles. The van der Waals surface area contributed by atoms with Crippen molar-refractivity contribution in [1.29, 1.82) is 0 Å². The topological polar surface area (TPSA) is 75.7 Å².